The van der Waals surface area contributed by atoms with Crippen molar-refractivity contribution in [3.63, 3.8) is 0 Å². The third-order valence-corrected chi connectivity index (χ3v) is 5.27. The predicted octanol–water partition coefficient (Wildman–Crippen LogP) is 4.23. The van der Waals surface area contributed by atoms with Crippen LogP contribution in [0, 0.1) is 0 Å². The van der Waals surface area contributed by atoms with E-state index in [4.69, 9.17) is 9.47 Å². The van der Waals surface area contributed by atoms with Crippen LogP contribution in [0.4, 0.5) is 23.7 Å². The van der Waals surface area contributed by atoms with Crippen LogP contribution in [-0.2, 0) is 16.1 Å². The molecule has 1 fully saturated rings. The molecule has 7 nitrogen and oxygen atoms in total. The van der Waals surface area contributed by atoms with Gasteiger partial charge in [0.05, 0.1) is 18.5 Å². The van der Waals surface area contributed by atoms with Gasteiger partial charge < -0.3 is 14.8 Å². The zero-order valence-electron chi connectivity index (χ0n) is 16.1. The van der Waals surface area contributed by atoms with Crippen LogP contribution in [0.5, 0.6) is 11.6 Å². The molecule has 0 saturated carbocycles. The molecule has 0 radical (unpaired) electrons. The first-order valence-corrected chi connectivity index (χ1v) is 9.24. The quantitative estimate of drug-likeness (QED) is 0.748. The predicted molar refractivity (Wildman–Crippen MR) is 99.1 cm³/mol. The zero-order valence-corrected chi connectivity index (χ0v) is 16.1. The number of urea groups is 1. The van der Waals surface area contributed by atoms with Crippen LogP contribution in [0.3, 0.4) is 0 Å². The van der Waals surface area contributed by atoms with Gasteiger partial charge in [0.1, 0.15) is 11.3 Å². The highest BCUT2D eigenvalue weighted by molar-refractivity contribution is 6.23. The number of carbonyl (C=O) groups is 2. The largest absolute Gasteiger partial charge is 0.439 e. The van der Waals surface area contributed by atoms with Crippen LogP contribution in [0.1, 0.15) is 37.5 Å². The molecule has 1 aromatic carbocycles. The Bertz CT molecular complexity index is 1010. The smallest absolute Gasteiger partial charge is 0.418 e. The van der Waals surface area contributed by atoms with E-state index in [9.17, 15) is 22.8 Å². The topological polar surface area (TPSA) is 80.8 Å². The van der Waals surface area contributed by atoms with E-state index in [-0.39, 0.29) is 35.4 Å². The monoisotopic (exact) mass is 421 g/mol. The lowest BCUT2D eigenvalue weighted by molar-refractivity contribution is -0.219. The van der Waals surface area contributed by atoms with Crippen molar-refractivity contribution in [2.75, 3.05) is 4.90 Å². The Labute approximate surface area is 169 Å². The second-order valence-electron chi connectivity index (χ2n) is 7.31. The summed E-state index contributed by atoms with van der Waals surface area (Å²) in [7, 11) is 0. The molecule has 1 aromatic heterocycles. The van der Waals surface area contributed by atoms with Crippen molar-refractivity contribution in [2.45, 2.75) is 44.7 Å². The minimum Gasteiger partial charge on any atom is -0.439 e. The first-order valence-electron chi connectivity index (χ1n) is 9.24. The van der Waals surface area contributed by atoms with E-state index in [0.717, 1.165) is 4.90 Å². The fourth-order valence-corrected chi connectivity index (χ4v) is 3.39. The molecule has 3 amide bonds. The molecule has 1 N–H and O–H groups in total. The molecular formula is C20H18F3N3O4. The number of aromatic nitrogens is 1. The molecule has 2 aliphatic heterocycles. The van der Waals surface area contributed by atoms with Crippen molar-refractivity contribution in [3.05, 3.63) is 47.7 Å². The Morgan fingerprint density at radius 2 is 2.07 bits per heavy atom. The first-order chi connectivity index (χ1) is 14.1. The summed E-state index contributed by atoms with van der Waals surface area (Å²) in [5.74, 6) is -0.115. The van der Waals surface area contributed by atoms with Gasteiger partial charge in [-0.3, -0.25) is 4.79 Å². The molecule has 0 bridgehead atoms. The highest BCUT2D eigenvalue weighted by Crippen LogP contribution is 2.43. The first kappa shape index (κ1) is 20.1. The fourth-order valence-electron chi connectivity index (χ4n) is 3.39. The Morgan fingerprint density at radius 3 is 2.67 bits per heavy atom. The molecule has 1 saturated heterocycles. The fraction of sp³-hybridized carbons (Fsp3) is 0.350. The molecule has 0 spiro atoms. The van der Waals surface area contributed by atoms with E-state index < -0.39 is 23.9 Å². The molecule has 10 heteroatoms. The number of alkyl halides is 3. The minimum absolute atomic E-state index is 0.00908. The highest BCUT2D eigenvalue weighted by Gasteiger charge is 2.47. The van der Waals surface area contributed by atoms with Crippen molar-refractivity contribution in [1.29, 1.82) is 0 Å². The lowest BCUT2D eigenvalue weighted by Crippen LogP contribution is -2.43. The van der Waals surface area contributed by atoms with Crippen LogP contribution in [0.25, 0.3) is 0 Å². The molecule has 4 rings (SSSR count). The Hall–Kier alpha value is -3.14. The molecular weight excluding hydrogens is 403 g/mol. The van der Waals surface area contributed by atoms with E-state index in [1.165, 1.54) is 36.5 Å². The third-order valence-electron chi connectivity index (χ3n) is 5.27. The normalized spacial score (nSPS) is 23.5. The summed E-state index contributed by atoms with van der Waals surface area (Å²) < 4.78 is 49.7. The van der Waals surface area contributed by atoms with Crippen molar-refractivity contribution < 1.29 is 32.2 Å². The Kier molecular flexibility index (Phi) is 4.69. The van der Waals surface area contributed by atoms with E-state index in [1.54, 1.807) is 13.8 Å². The van der Waals surface area contributed by atoms with E-state index in [2.05, 4.69) is 10.3 Å². The summed E-state index contributed by atoms with van der Waals surface area (Å²) in [6.07, 6.45) is -4.77. The number of fused-ring (bicyclic) bond motifs is 1. The van der Waals surface area contributed by atoms with Crippen LogP contribution in [0.15, 0.2) is 36.5 Å². The molecule has 2 aromatic rings. The van der Waals surface area contributed by atoms with Crippen LogP contribution >= 0.6 is 0 Å². The summed E-state index contributed by atoms with van der Waals surface area (Å²) in [5.41, 5.74) is -0.254. The van der Waals surface area contributed by atoms with Crippen molar-refractivity contribution in [3.8, 4) is 11.6 Å². The number of nitrogens with one attached hydrogen (secondary N) is 1. The Morgan fingerprint density at radius 1 is 1.30 bits per heavy atom. The van der Waals surface area contributed by atoms with Gasteiger partial charge >= 0.3 is 12.2 Å². The second-order valence-corrected chi connectivity index (χ2v) is 7.31. The number of ether oxygens (including phenoxy) is 2. The maximum atomic E-state index is 13.1. The molecule has 3 heterocycles. The lowest BCUT2D eigenvalue weighted by Gasteiger charge is -2.19. The van der Waals surface area contributed by atoms with Crippen molar-refractivity contribution in [1.82, 2.24) is 10.3 Å². The van der Waals surface area contributed by atoms with E-state index in [1.807, 2.05) is 0 Å². The third kappa shape index (κ3) is 3.36. The number of carbonyl (C=O) groups excluding carboxylic acids is 2. The SMILES string of the molecule is CC[C@@]1(C)NC(=O)N(c2ccc(Oc3ccc4c(c3)[C@@H](C(F)(F)F)OC4)nc2)C1=O. The average molecular weight is 421 g/mol. The number of rotatable bonds is 4. The summed E-state index contributed by atoms with van der Waals surface area (Å²) in [4.78, 5) is 29.8. The molecule has 30 heavy (non-hydrogen) atoms. The summed E-state index contributed by atoms with van der Waals surface area (Å²) in [6, 6.07) is 6.69. The molecule has 2 aliphatic rings. The summed E-state index contributed by atoms with van der Waals surface area (Å²) in [6.45, 7) is 3.32. The van der Waals surface area contributed by atoms with Crippen LogP contribution in [0.2, 0.25) is 0 Å². The molecule has 158 valence electrons. The van der Waals surface area contributed by atoms with Gasteiger partial charge in [-0.25, -0.2) is 14.7 Å². The number of pyridine rings is 1. The summed E-state index contributed by atoms with van der Waals surface area (Å²) in [5, 5.41) is 2.65. The Balaban J connectivity index is 1.53. The van der Waals surface area contributed by atoms with Gasteiger partial charge in [0.2, 0.25) is 5.88 Å². The van der Waals surface area contributed by atoms with Gasteiger partial charge in [0.15, 0.2) is 6.10 Å². The molecule has 2 atom stereocenters. The van der Waals surface area contributed by atoms with E-state index in [0.29, 0.717) is 12.0 Å². The number of nitrogens with zero attached hydrogens (tertiary/aromatic N) is 2. The van der Waals surface area contributed by atoms with Gasteiger partial charge in [-0.15, -0.1) is 0 Å². The van der Waals surface area contributed by atoms with Crippen LogP contribution < -0.4 is 15.0 Å². The number of hydrogen-bond acceptors (Lipinski definition) is 5. The van der Waals surface area contributed by atoms with Crippen molar-refractivity contribution >= 4 is 17.6 Å². The second kappa shape index (κ2) is 6.98. The van der Waals surface area contributed by atoms with Crippen molar-refractivity contribution in [2.24, 2.45) is 0 Å². The van der Waals surface area contributed by atoms with Gasteiger partial charge in [-0.2, -0.15) is 13.2 Å². The maximum absolute atomic E-state index is 13.1. The number of imide groups is 1. The lowest BCUT2D eigenvalue weighted by atomic mass is 9.99. The number of hydrogen-bond donors (Lipinski definition) is 1. The van der Waals surface area contributed by atoms with Gasteiger partial charge in [-0.05, 0) is 42.7 Å². The van der Waals surface area contributed by atoms with E-state index >= 15 is 0 Å². The van der Waals surface area contributed by atoms with Gasteiger partial charge in [-0.1, -0.05) is 13.0 Å². The standard InChI is InChI=1S/C20H18F3N3O4/c1-3-19(2)17(27)26(18(28)25-19)12-5-7-15(24-9-12)30-13-6-4-11-10-29-16(14(11)8-13)20(21,22)23/h4-9,16H,3,10H2,1-2H3,(H,25,28)/t16-,19+/m0/s1. The number of halogens is 3. The number of benzene rings is 1. The highest BCUT2D eigenvalue weighted by atomic mass is 19.4. The molecule has 0 unspecified atom stereocenters. The minimum atomic E-state index is -4.51. The zero-order chi connectivity index (χ0) is 21.7. The van der Waals surface area contributed by atoms with Gasteiger partial charge in [0, 0.05) is 6.07 Å². The molecule has 0 aliphatic carbocycles. The number of amides is 3. The average Bonchev–Trinajstić information content (AvgIpc) is 3.21. The van der Waals surface area contributed by atoms with Gasteiger partial charge in [0.25, 0.3) is 5.91 Å². The summed E-state index contributed by atoms with van der Waals surface area (Å²) >= 11 is 0. The number of anilines is 1. The maximum Gasteiger partial charge on any atom is 0.418 e. The van der Waals surface area contributed by atoms with Crippen LogP contribution in [-0.4, -0.2) is 28.6 Å².